The van der Waals surface area contributed by atoms with E-state index >= 15 is 0 Å². The maximum atomic E-state index is 11.6. The number of hydrogen-bond donors (Lipinski definition) is 0. The van der Waals surface area contributed by atoms with Gasteiger partial charge >= 0.3 is 12.1 Å². The first kappa shape index (κ1) is 12.0. The van der Waals surface area contributed by atoms with Crippen LogP contribution in [0.25, 0.3) is 0 Å². The highest BCUT2D eigenvalue weighted by molar-refractivity contribution is 4.79. The number of hydrogen-bond acceptors (Lipinski definition) is 1. The predicted octanol–water partition coefficient (Wildman–Crippen LogP) is 2.60. The fraction of sp³-hybridized carbons (Fsp3) is 0.600. The van der Waals surface area contributed by atoms with Crippen molar-refractivity contribution < 1.29 is 22.6 Å². The molecule has 0 aromatic rings. The summed E-state index contributed by atoms with van der Waals surface area (Å²) in [5.74, 6) is 0. The van der Waals surface area contributed by atoms with E-state index in [4.69, 9.17) is 0 Å². The fourth-order valence-electron chi connectivity index (χ4n) is 0.246. The summed E-state index contributed by atoms with van der Waals surface area (Å²) in [5.41, 5.74) is 0. The Balaban J connectivity index is 0. The highest BCUT2D eigenvalue weighted by atomic mass is 19.3. The third-order valence-electron chi connectivity index (χ3n) is 0.581. The number of halogens is 4. The van der Waals surface area contributed by atoms with Crippen LogP contribution < -0.4 is 0 Å². The molecule has 0 N–H and O–H groups in total. The molecule has 0 saturated heterocycles. The van der Waals surface area contributed by atoms with Crippen LogP contribution in [0.5, 0.6) is 0 Å². The minimum absolute atomic E-state index is 0. The normalized spacial score (nSPS) is 8.00. The summed E-state index contributed by atoms with van der Waals surface area (Å²) in [6, 6.07) is -1.77. The Morgan fingerprint density at radius 1 is 1.30 bits per heavy atom. The van der Waals surface area contributed by atoms with E-state index in [0.717, 1.165) is 0 Å². The van der Waals surface area contributed by atoms with Gasteiger partial charge in [-0.15, -0.1) is 0 Å². The first-order valence-electron chi connectivity index (χ1n) is 2.52. The van der Waals surface area contributed by atoms with E-state index < -0.39 is 12.1 Å². The molecule has 0 bridgehead atoms. The van der Waals surface area contributed by atoms with Gasteiger partial charge in [-0.1, -0.05) is 6.92 Å². The minimum atomic E-state index is -2.40. The van der Waals surface area contributed by atoms with Crippen LogP contribution >= 0.6 is 0 Å². The summed E-state index contributed by atoms with van der Waals surface area (Å²) < 4.78 is 37.8. The Bertz CT molecular complexity index is 108. The van der Waals surface area contributed by atoms with Gasteiger partial charge < -0.3 is 4.74 Å². The van der Waals surface area contributed by atoms with Gasteiger partial charge in [0, 0.05) is 0 Å². The van der Waals surface area contributed by atoms with Crippen LogP contribution in [0.15, 0.2) is 12.1 Å². The van der Waals surface area contributed by atoms with Crippen molar-refractivity contribution in [3.63, 3.8) is 0 Å². The van der Waals surface area contributed by atoms with Crippen molar-refractivity contribution in [1.82, 2.24) is 0 Å². The molecule has 0 aliphatic rings. The molecular weight excluding hydrogens is 152 g/mol. The standard InChI is InChI=1S/C5H7F3O.FH/c1-2-3-9-5(8)4(6)7;/h2-3H2,1H3;1H. The molecule has 0 atom stereocenters. The lowest BCUT2D eigenvalue weighted by Gasteiger charge is -1.96. The smallest absolute Gasteiger partial charge is 0.342 e. The first-order valence-corrected chi connectivity index (χ1v) is 2.52. The molecule has 0 spiro atoms. The lowest BCUT2D eigenvalue weighted by molar-refractivity contribution is 0.120. The molecule has 0 aromatic heterocycles. The van der Waals surface area contributed by atoms with Crippen molar-refractivity contribution in [2.45, 2.75) is 13.3 Å². The molecule has 0 aromatic carbocycles. The Hall–Kier alpha value is -0.740. The van der Waals surface area contributed by atoms with Crippen molar-refractivity contribution in [3.8, 4) is 0 Å². The molecule has 0 heterocycles. The zero-order chi connectivity index (χ0) is 7.28. The SMILES string of the molecule is CCCOC(F)=C(F)F.F. The largest absolute Gasteiger partial charge is 0.467 e. The van der Waals surface area contributed by atoms with E-state index in [-0.39, 0.29) is 11.3 Å². The van der Waals surface area contributed by atoms with Gasteiger partial charge in [0.25, 0.3) is 0 Å². The lowest BCUT2D eigenvalue weighted by atomic mass is 10.5. The van der Waals surface area contributed by atoms with Crippen molar-refractivity contribution in [3.05, 3.63) is 12.1 Å². The lowest BCUT2D eigenvalue weighted by Crippen LogP contribution is -1.88. The monoisotopic (exact) mass is 160 g/mol. The summed E-state index contributed by atoms with van der Waals surface area (Å²) >= 11 is 0. The summed E-state index contributed by atoms with van der Waals surface area (Å²) in [6.07, 6.45) is -1.88. The maximum Gasteiger partial charge on any atom is 0.342 e. The van der Waals surface area contributed by atoms with Crippen LogP contribution in [0.4, 0.5) is 17.9 Å². The van der Waals surface area contributed by atoms with Gasteiger partial charge in [-0.2, -0.15) is 13.2 Å². The van der Waals surface area contributed by atoms with Crippen LogP contribution in [0.3, 0.4) is 0 Å². The third-order valence-corrected chi connectivity index (χ3v) is 0.581. The highest BCUT2D eigenvalue weighted by Gasteiger charge is 2.03. The van der Waals surface area contributed by atoms with Gasteiger partial charge in [0.1, 0.15) is 0 Å². The van der Waals surface area contributed by atoms with Gasteiger partial charge in [-0.25, -0.2) is 0 Å². The number of ether oxygens (including phenoxy) is 1. The molecule has 10 heavy (non-hydrogen) atoms. The Kier molecular flexibility index (Phi) is 7.65. The van der Waals surface area contributed by atoms with E-state index in [1.54, 1.807) is 6.92 Å². The van der Waals surface area contributed by atoms with Gasteiger partial charge in [0.15, 0.2) is 0 Å². The van der Waals surface area contributed by atoms with Crippen molar-refractivity contribution in [2.75, 3.05) is 6.61 Å². The molecule has 1 nitrogen and oxygen atoms in total. The average molecular weight is 160 g/mol. The Morgan fingerprint density at radius 2 is 1.80 bits per heavy atom. The van der Waals surface area contributed by atoms with Crippen LogP contribution in [0.2, 0.25) is 0 Å². The van der Waals surface area contributed by atoms with E-state index in [1.165, 1.54) is 0 Å². The summed E-state index contributed by atoms with van der Waals surface area (Å²) in [5, 5.41) is 0. The Morgan fingerprint density at radius 3 is 2.10 bits per heavy atom. The molecule has 0 amide bonds. The average Bonchev–Trinajstić information content (AvgIpc) is 1.82. The predicted molar refractivity (Wildman–Crippen MR) is 29.1 cm³/mol. The van der Waals surface area contributed by atoms with Crippen molar-refractivity contribution in [2.24, 2.45) is 0 Å². The van der Waals surface area contributed by atoms with Gasteiger partial charge in [-0.05, 0) is 6.42 Å². The molecule has 0 fully saturated rings. The van der Waals surface area contributed by atoms with Gasteiger partial charge in [0.05, 0.1) is 6.61 Å². The fourth-order valence-corrected chi connectivity index (χ4v) is 0.246. The molecule has 0 saturated carbocycles. The van der Waals surface area contributed by atoms with Crippen LogP contribution in [0.1, 0.15) is 13.3 Å². The van der Waals surface area contributed by atoms with Crippen LogP contribution in [-0.4, -0.2) is 6.61 Å². The third kappa shape index (κ3) is 5.40. The second-order valence-electron chi connectivity index (χ2n) is 1.38. The molecule has 0 rings (SSSR count). The minimum Gasteiger partial charge on any atom is -0.467 e. The molecule has 62 valence electrons. The van der Waals surface area contributed by atoms with E-state index in [1.807, 2.05) is 0 Å². The van der Waals surface area contributed by atoms with Gasteiger partial charge in [0.2, 0.25) is 0 Å². The molecular formula is C5H8F4O. The Labute approximate surface area is 55.8 Å². The molecule has 0 aliphatic carbocycles. The summed E-state index contributed by atoms with van der Waals surface area (Å²) in [4.78, 5) is 0. The molecule has 0 aliphatic heterocycles. The molecule has 5 heteroatoms. The highest BCUT2D eigenvalue weighted by Crippen LogP contribution is 2.09. The zero-order valence-electron chi connectivity index (χ0n) is 5.36. The first-order chi connectivity index (χ1) is 4.18. The van der Waals surface area contributed by atoms with E-state index in [9.17, 15) is 13.2 Å². The maximum absolute atomic E-state index is 11.6. The van der Waals surface area contributed by atoms with Gasteiger partial charge in [-0.3, -0.25) is 4.70 Å². The zero-order valence-corrected chi connectivity index (χ0v) is 5.36. The summed E-state index contributed by atoms with van der Waals surface area (Å²) in [6.45, 7) is 1.69. The number of rotatable bonds is 3. The van der Waals surface area contributed by atoms with Crippen molar-refractivity contribution >= 4 is 0 Å². The second-order valence-corrected chi connectivity index (χ2v) is 1.38. The van der Waals surface area contributed by atoms with Crippen LogP contribution in [0, 0.1) is 0 Å². The van der Waals surface area contributed by atoms with Crippen LogP contribution in [-0.2, 0) is 4.74 Å². The van der Waals surface area contributed by atoms with E-state index in [0.29, 0.717) is 6.42 Å². The van der Waals surface area contributed by atoms with E-state index in [2.05, 4.69) is 4.74 Å². The quantitative estimate of drug-likeness (QED) is 0.455. The summed E-state index contributed by atoms with van der Waals surface area (Å²) in [7, 11) is 0. The topological polar surface area (TPSA) is 9.23 Å². The molecule has 0 unspecified atom stereocenters. The second kappa shape index (κ2) is 6.38. The van der Waals surface area contributed by atoms with Crippen molar-refractivity contribution in [1.29, 1.82) is 0 Å². The molecule has 0 radical (unpaired) electrons.